The fraction of sp³-hybridized carbons (Fsp3) is 0.438. The van der Waals surface area contributed by atoms with Gasteiger partial charge in [0.2, 0.25) is 11.7 Å². The van der Waals surface area contributed by atoms with E-state index in [4.69, 9.17) is 0 Å². The van der Waals surface area contributed by atoms with Gasteiger partial charge in [-0.1, -0.05) is 43.3 Å². The van der Waals surface area contributed by atoms with Crippen molar-refractivity contribution in [1.29, 1.82) is 0 Å². The van der Waals surface area contributed by atoms with Crippen LogP contribution in [-0.2, 0) is 17.5 Å². The van der Waals surface area contributed by atoms with E-state index < -0.39 is 12.1 Å². The monoisotopic (exact) mass is 339 g/mol. The largest absolute Gasteiger partial charge is 0.471 e. The molecule has 2 atom stereocenters. The van der Waals surface area contributed by atoms with Crippen molar-refractivity contribution >= 4 is 5.91 Å². The normalized spacial score (nSPS) is 21.5. The molecule has 2 unspecified atom stereocenters. The van der Waals surface area contributed by atoms with Gasteiger partial charge in [-0.05, 0) is 11.5 Å². The molecule has 0 spiro atoms. The maximum absolute atomic E-state index is 12.5. The molecule has 1 aliphatic heterocycles. The molecule has 1 aromatic heterocycles. The Balaban J connectivity index is 1.72. The first-order valence-electron chi connectivity index (χ1n) is 7.54. The zero-order valence-corrected chi connectivity index (χ0v) is 13.2. The molecule has 3 rings (SSSR count). The Bertz CT molecular complexity index is 740. The summed E-state index contributed by atoms with van der Waals surface area (Å²) in [4.78, 5) is 17.2. The van der Waals surface area contributed by atoms with Crippen LogP contribution < -0.4 is 0 Å². The first kappa shape index (κ1) is 16.5. The summed E-state index contributed by atoms with van der Waals surface area (Å²) in [5.74, 6) is -1.03. The van der Waals surface area contributed by atoms with Crippen molar-refractivity contribution in [2.24, 2.45) is 11.8 Å². The highest BCUT2D eigenvalue weighted by molar-refractivity contribution is 5.81. The van der Waals surface area contributed by atoms with Crippen LogP contribution in [0.3, 0.4) is 0 Å². The summed E-state index contributed by atoms with van der Waals surface area (Å²) in [6.07, 6.45) is -4.66. The summed E-state index contributed by atoms with van der Waals surface area (Å²) in [5.41, 5.74) is 1.32. The molecular weight excluding hydrogens is 323 g/mol. The predicted molar refractivity (Wildman–Crippen MR) is 78.5 cm³/mol. The van der Waals surface area contributed by atoms with Crippen molar-refractivity contribution in [3.8, 4) is 11.4 Å². The molecule has 1 saturated heterocycles. The number of carbonyl (C=O) groups excluding carboxylic acids is 1. The van der Waals surface area contributed by atoms with Crippen molar-refractivity contribution in [3.05, 3.63) is 35.7 Å². The van der Waals surface area contributed by atoms with E-state index in [0.717, 1.165) is 5.56 Å². The molecular formula is C16H16F3N3O2. The van der Waals surface area contributed by atoms with Gasteiger partial charge in [-0.25, -0.2) is 0 Å². The smallest absolute Gasteiger partial charge is 0.338 e. The molecule has 1 amide bonds. The highest BCUT2D eigenvalue weighted by Gasteiger charge is 2.38. The lowest BCUT2D eigenvalue weighted by Gasteiger charge is -2.16. The van der Waals surface area contributed by atoms with E-state index in [0.29, 0.717) is 24.6 Å². The number of nitrogens with zero attached hydrogens (tertiary/aromatic N) is 3. The second kappa shape index (κ2) is 5.92. The van der Waals surface area contributed by atoms with Gasteiger partial charge >= 0.3 is 12.1 Å². The van der Waals surface area contributed by atoms with Gasteiger partial charge in [0.15, 0.2) is 0 Å². The topological polar surface area (TPSA) is 59.2 Å². The van der Waals surface area contributed by atoms with Gasteiger partial charge in [0, 0.05) is 24.6 Å². The minimum Gasteiger partial charge on any atom is -0.338 e. The van der Waals surface area contributed by atoms with Crippen LogP contribution in [0.15, 0.2) is 28.8 Å². The van der Waals surface area contributed by atoms with Crippen LogP contribution in [-0.4, -0.2) is 27.5 Å². The number of benzene rings is 1. The van der Waals surface area contributed by atoms with Crippen LogP contribution in [0.2, 0.25) is 0 Å². The SMILES string of the molecule is CC1CN(Cc2ccc(-c3noc(C(F)(F)F)n3)cc2)C(=O)C1C. The lowest BCUT2D eigenvalue weighted by atomic mass is 10.0. The molecule has 0 saturated carbocycles. The number of aromatic nitrogens is 2. The Morgan fingerprint density at radius 2 is 1.92 bits per heavy atom. The van der Waals surface area contributed by atoms with Gasteiger partial charge in [-0.15, -0.1) is 0 Å². The predicted octanol–water partition coefficient (Wildman–Crippen LogP) is 3.37. The molecule has 0 radical (unpaired) electrons. The van der Waals surface area contributed by atoms with E-state index in [2.05, 4.69) is 14.7 Å². The van der Waals surface area contributed by atoms with Crippen LogP contribution in [0.1, 0.15) is 25.3 Å². The molecule has 5 nitrogen and oxygen atoms in total. The molecule has 2 heterocycles. The molecule has 2 aromatic rings. The Morgan fingerprint density at radius 1 is 1.25 bits per heavy atom. The summed E-state index contributed by atoms with van der Waals surface area (Å²) < 4.78 is 41.6. The first-order chi connectivity index (χ1) is 11.3. The van der Waals surface area contributed by atoms with E-state index in [-0.39, 0.29) is 17.6 Å². The molecule has 128 valence electrons. The average Bonchev–Trinajstić information content (AvgIpc) is 3.11. The van der Waals surface area contributed by atoms with Crippen molar-refractivity contribution in [3.63, 3.8) is 0 Å². The van der Waals surface area contributed by atoms with E-state index in [1.807, 2.05) is 13.8 Å². The van der Waals surface area contributed by atoms with Crippen LogP contribution in [0.4, 0.5) is 13.2 Å². The lowest BCUT2D eigenvalue weighted by molar-refractivity contribution is -0.159. The summed E-state index contributed by atoms with van der Waals surface area (Å²) in [6.45, 7) is 5.15. The Kier molecular flexibility index (Phi) is 4.06. The third-order valence-electron chi connectivity index (χ3n) is 4.32. The summed E-state index contributed by atoms with van der Waals surface area (Å²) in [6, 6.07) is 6.74. The van der Waals surface area contributed by atoms with E-state index >= 15 is 0 Å². The van der Waals surface area contributed by atoms with Gasteiger partial charge in [0.1, 0.15) is 0 Å². The molecule has 1 aromatic carbocycles. The Morgan fingerprint density at radius 3 is 2.42 bits per heavy atom. The number of rotatable bonds is 3. The molecule has 1 aliphatic rings. The maximum Gasteiger partial charge on any atom is 0.471 e. The molecule has 0 aliphatic carbocycles. The van der Waals surface area contributed by atoms with Gasteiger partial charge in [0.05, 0.1) is 0 Å². The Hall–Kier alpha value is -2.38. The molecule has 24 heavy (non-hydrogen) atoms. The number of alkyl halides is 3. The minimum atomic E-state index is -4.66. The molecule has 1 fully saturated rings. The van der Waals surface area contributed by atoms with Gasteiger partial charge in [-0.3, -0.25) is 4.79 Å². The average molecular weight is 339 g/mol. The van der Waals surface area contributed by atoms with Crippen LogP contribution in [0.25, 0.3) is 11.4 Å². The molecule has 0 bridgehead atoms. The van der Waals surface area contributed by atoms with Gasteiger partial charge in [-0.2, -0.15) is 18.2 Å². The standard InChI is InChI=1S/C16H16F3N3O2/c1-9-7-22(14(23)10(9)2)8-11-3-5-12(6-4-11)13-20-15(24-21-13)16(17,18)19/h3-6,9-10H,7-8H2,1-2H3. The minimum absolute atomic E-state index is 0.0180. The second-order valence-electron chi connectivity index (χ2n) is 6.10. The van der Waals surface area contributed by atoms with Crippen molar-refractivity contribution < 1.29 is 22.5 Å². The summed E-state index contributed by atoms with van der Waals surface area (Å²) in [7, 11) is 0. The quantitative estimate of drug-likeness (QED) is 0.860. The van der Waals surface area contributed by atoms with E-state index in [1.165, 1.54) is 0 Å². The zero-order chi connectivity index (χ0) is 17.5. The summed E-state index contributed by atoms with van der Waals surface area (Å²) >= 11 is 0. The third kappa shape index (κ3) is 3.13. The number of amides is 1. The molecule has 8 heteroatoms. The maximum atomic E-state index is 12.5. The number of hydrogen-bond acceptors (Lipinski definition) is 4. The van der Waals surface area contributed by atoms with Gasteiger partial charge in [0.25, 0.3) is 0 Å². The third-order valence-corrected chi connectivity index (χ3v) is 4.32. The highest BCUT2D eigenvalue weighted by Crippen LogP contribution is 2.30. The van der Waals surface area contributed by atoms with Gasteiger partial charge < -0.3 is 9.42 Å². The lowest BCUT2D eigenvalue weighted by Crippen LogP contribution is -2.26. The van der Waals surface area contributed by atoms with Crippen molar-refractivity contribution in [2.75, 3.05) is 6.54 Å². The van der Waals surface area contributed by atoms with Crippen LogP contribution >= 0.6 is 0 Å². The number of carbonyl (C=O) groups is 1. The van der Waals surface area contributed by atoms with E-state index in [9.17, 15) is 18.0 Å². The number of halogens is 3. The van der Waals surface area contributed by atoms with E-state index in [1.54, 1.807) is 29.2 Å². The summed E-state index contributed by atoms with van der Waals surface area (Å²) in [5, 5.41) is 3.35. The fourth-order valence-corrected chi connectivity index (χ4v) is 2.71. The van der Waals surface area contributed by atoms with Crippen molar-refractivity contribution in [1.82, 2.24) is 15.0 Å². The highest BCUT2D eigenvalue weighted by atomic mass is 19.4. The molecule has 0 N–H and O–H groups in total. The Labute approximate surface area is 136 Å². The fourth-order valence-electron chi connectivity index (χ4n) is 2.71. The van der Waals surface area contributed by atoms with Crippen LogP contribution in [0, 0.1) is 11.8 Å². The zero-order valence-electron chi connectivity index (χ0n) is 13.2. The first-order valence-corrected chi connectivity index (χ1v) is 7.54. The number of likely N-dealkylation sites (tertiary alicyclic amines) is 1. The van der Waals surface area contributed by atoms with Crippen molar-refractivity contribution in [2.45, 2.75) is 26.6 Å². The number of hydrogen-bond donors (Lipinski definition) is 0. The second-order valence-corrected chi connectivity index (χ2v) is 6.10. The van der Waals surface area contributed by atoms with Crippen LogP contribution in [0.5, 0.6) is 0 Å².